The van der Waals surface area contributed by atoms with E-state index in [9.17, 15) is 0 Å². The van der Waals surface area contributed by atoms with E-state index in [1.54, 1.807) is 0 Å². The summed E-state index contributed by atoms with van der Waals surface area (Å²) in [5, 5.41) is 3.02. The quantitative estimate of drug-likeness (QED) is 0.113. The molecule has 246 valence electrons. The minimum absolute atomic E-state index is 0.519. The van der Waals surface area contributed by atoms with E-state index in [0.29, 0.717) is 145 Å². The summed E-state index contributed by atoms with van der Waals surface area (Å²) in [5.41, 5.74) is 1.16. The lowest BCUT2D eigenvalue weighted by Gasteiger charge is -2.09. The molecule has 1 aromatic carbocycles. The smallest absolute Gasteiger partial charge is 0.0718 e. The van der Waals surface area contributed by atoms with Gasteiger partial charge in [0.1, 0.15) is 0 Å². The van der Waals surface area contributed by atoms with Gasteiger partial charge in [-0.3, -0.25) is 0 Å². The Morgan fingerprint density at radius 1 is 0.357 bits per heavy atom. The van der Waals surface area contributed by atoms with Crippen LogP contribution in [0.25, 0.3) is 0 Å². The first-order valence-corrected chi connectivity index (χ1v) is 15.0. The largest absolute Gasteiger partial charge is 0.378 e. The van der Waals surface area contributed by atoms with Crippen LogP contribution in [0.15, 0.2) is 30.3 Å². The van der Waals surface area contributed by atoms with Gasteiger partial charge < -0.3 is 57.4 Å². The van der Waals surface area contributed by atoms with Gasteiger partial charge in [0.05, 0.1) is 145 Å². The van der Waals surface area contributed by atoms with Crippen molar-refractivity contribution in [2.75, 3.05) is 152 Å². The van der Waals surface area contributed by atoms with Crippen LogP contribution in [-0.2, 0) is 58.7 Å². The zero-order chi connectivity index (χ0) is 29.9. The molecule has 0 aliphatic rings. The average molecular weight is 606 g/mol. The fourth-order valence-electron chi connectivity index (χ4n) is 3.14. The van der Waals surface area contributed by atoms with Crippen LogP contribution < -0.4 is 5.32 Å². The van der Waals surface area contributed by atoms with Crippen LogP contribution in [0.2, 0.25) is 0 Å². The summed E-state index contributed by atoms with van der Waals surface area (Å²) in [5.74, 6) is 0. The van der Waals surface area contributed by atoms with Gasteiger partial charge in [-0.1, -0.05) is 30.3 Å². The molecule has 0 fully saturated rings. The van der Waals surface area contributed by atoms with Gasteiger partial charge in [-0.15, -0.1) is 0 Å². The van der Waals surface area contributed by atoms with Gasteiger partial charge in [0.15, 0.2) is 0 Å². The normalized spacial score (nSPS) is 11.5. The highest BCUT2D eigenvalue weighted by Gasteiger charge is 1.97. The molecule has 1 rings (SSSR count). The van der Waals surface area contributed by atoms with Crippen LogP contribution in [0.4, 0.5) is 0 Å². The number of rotatable bonds is 35. The highest BCUT2D eigenvalue weighted by atomic mass is 16.6. The monoisotopic (exact) mass is 605 g/mol. The first kappa shape index (κ1) is 38.8. The summed E-state index contributed by atoms with van der Waals surface area (Å²) in [4.78, 5) is 0. The third kappa shape index (κ3) is 30.2. The van der Waals surface area contributed by atoms with Crippen molar-refractivity contribution in [2.24, 2.45) is 0 Å². The molecule has 1 N–H and O–H groups in total. The molecule has 12 nitrogen and oxygen atoms in total. The number of ether oxygens (including phenoxy) is 11. The Kier molecular flexibility index (Phi) is 31.6. The van der Waals surface area contributed by atoms with Gasteiger partial charge in [-0.05, 0) is 12.6 Å². The van der Waals surface area contributed by atoms with Crippen LogP contribution in [0.5, 0.6) is 0 Å². The minimum atomic E-state index is 0.519. The van der Waals surface area contributed by atoms with E-state index >= 15 is 0 Å². The molecule has 0 aliphatic heterocycles. The average Bonchev–Trinajstić information content (AvgIpc) is 3.01. The maximum Gasteiger partial charge on any atom is 0.0718 e. The summed E-state index contributed by atoms with van der Waals surface area (Å²) in [7, 11) is 1.90. The predicted octanol–water partition coefficient (Wildman–Crippen LogP) is 1.59. The van der Waals surface area contributed by atoms with Crippen molar-refractivity contribution in [1.29, 1.82) is 0 Å². The summed E-state index contributed by atoms with van der Waals surface area (Å²) < 4.78 is 60.1. The zero-order valence-corrected chi connectivity index (χ0v) is 25.6. The number of nitrogens with one attached hydrogen (secondary N) is 1. The zero-order valence-electron chi connectivity index (χ0n) is 25.6. The van der Waals surface area contributed by atoms with Crippen molar-refractivity contribution < 1.29 is 52.1 Å². The fraction of sp³-hybridized carbons (Fsp3) is 0.800. The van der Waals surface area contributed by atoms with E-state index in [2.05, 4.69) is 5.32 Å². The molecule has 0 unspecified atom stereocenters. The second-order valence-electron chi connectivity index (χ2n) is 8.77. The lowest BCUT2D eigenvalue weighted by atomic mass is 10.2. The molecule has 0 saturated heterocycles. The third-order valence-electron chi connectivity index (χ3n) is 5.33. The standard InChI is InChI=1S/C30H55NO11/c1-31-7-8-32-9-10-33-11-12-34-13-14-35-15-16-36-17-18-37-19-20-38-21-22-39-23-24-40-25-26-41-27-28-42-29-30-5-3-2-4-6-30/h2-6,31H,7-29H2,1H3. The Hall–Kier alpha value is -1.26. The second-order valence-corrected chi connectivity index (χ2v) is 8.77. The van der Waals surface area contributed by atoms with Crippen LogP contribution in [-0.4, -0.2) is 152 Å². The van der Waals surface area contributed by atoms with Crippen LogP contribution >= 0.6 is 0 Å². The highest BCUT2D eigenvalue weighted by Crippen LogP contribution is 2.00. The first-order valence-electron chi connectivity index (χ1n) is 15.0. The molecule has 0 atom stereocenters. The van der Waals surface area contributed by atoms with E-state index in [-0.39, 0.29) is 0 Å². The number of hydrogen-bond acceptors (Lipinski definition) is 12. The lowest BCUT2D eigenvalue weighted by Crippen LogP contribution is -2.17. The van der Waals surface area contributed by atoms with Crippen LogP contribution in [0.1, 0.15) is 5.56 Å². The SMILES string of the molecule is CNCCOCCOCCOCCOCCOCCOCCOCCOCCOCCOCCOCc1ccccc1. The van der Waals surface area contributed by atoms with E-state index in [4.69, 9.17) is 52.1 Å². The van der Waals surface area contributed by atoms with E-state index in [1.807, 2.05) is 37.4 Å². The minimum Gasteiger partial charge on any atom is -0.378 e. The summed E-state index contributed by atoms with van der Waals surface area (Å²) in [6, 6.07) is 10.1. The van der Waals surface area contributed by atoms with Gasteiger partial charge in [-0.2, -0.15) is 0 Å². The molecule has 0 saturated carbocycles. The van der Waals surface area contributed by atoms with Crippen molar-refractivity contribution in [3.05, 3.63) is 35.9 Å². The summed E-state index contributed by atoms with van der Waals surface area (Å²) in [6.45, 7) is 12.9. The van der Waals surface area contributed by atoms with Crippen molar-refractivity contribution in [2.45, 2.75) is 6.61 Å². The molecule has 0 aromatic heterocycles. The molecular weight excluding hydrogens is 550 g/mol. The fourth-order valence-corrected chi connectivity index (χ4v) is 3.14. The molecule has 0 spiro atoms. The number of likely N-dealkylation sites (N-methyl/N-ethyl adjacent to an activating group) is 1. The van der Waals surface area contributed by atoms with Crippen molar-refractivity contribution in [3.63, 3.8) is 0 Å². The van der Waals surface area contributed by atoms with Gasteiger partial charge in [0, 0.05) is 6.54 Å². The molecule has 0 amide bonds. The summed E-state index contributed by atoms with van der Waals surface area (Å²) in [6.07, 6.45) is 0. The number of hydrogen-bond donors (Lipinski definition) is 1. The lowest BCUT2D eigenvalue weighted by molar-refractivity contribution is -0.0276. The Labute approximate surface area is 252 Å². The van der Waals surface area contributed by atoms with E-state index in [0.717, 1.165) is 12.1 Å². The molecule has 0 radical (unpaired) electrons. The maximum absolute atomic E-state index is 5.56. The van der Waals surface area contributed by atoms with Crippen molar-refractivity contribution in [1.82, 2.24) is 5.32 Å². The van der Waals surface area contributed by atoms with Gasteiger partial charge in [0.25, 0.3) is 0 Å². The topological polar surface area (TPSA) is 114 Å². The molecule has 0 aliphatic carbocycles. The molecule has 0 heterocycles. The van der Waals surface area contributed by atoms with Crippen molar-refractivity contribution in [3.8, 4) is 0 Å². The Morgan fingerprint density at radius 2 is 0.619 bits per heavy atom. The molecule has 0 bridgehead atoms. The van der Waals surface area contributed by atoms with Gasteiger partial charge in [-0.25, -0.2) is 0 Å². The maximum atomic E-state index is 5.56. The third-order valence-corrected chi connectivity index (χ3v) is 5.33. The molecule has 1 aromatic rings. The molecule has 12 heteroatoms. The first-order chi connectivity index (χ1) is 20.9. The molecule has 42 heavy (non-hydrogen) atoms. The van der Waals surface area contributed by atoms with Crippen molar-refractivity contribution >= 4 is 0 Å². The Morgan fingerprint density at radius 3 is 0.905 bits per heavy atom. The predicted molar refractivity (Wildman–Crippen MR) is 158 cm³/mol. The highest BCUT2D eigenvalue weighted by molar-refractivity contribution is 5.13. The second kappa shape index (κ2) is 34.2. The Balaban J connectivity index is 1.61. The molecular formula is C30H55NO11. The van der Waals surface area contributed by atoms with Gasteiger partial charge in [0.2, 0.25) is 0 Å². The number of benzene rings is 1. The van der Waals surface area contributed by atoms with E-state index in [1.165, 1.54) is 0 Å². The van der Waals surface area contributed by atoms with Crippen LogP contribution in [0, 0.1) is 0 Å². The summed E-state index contributed by atoms with van der Waals surface area (Å²) >= 11 is 0. The Bertz CT molecular complexity index is 631. The van der Waals surface area contributed by atoms with Crippen LogP contribution in [0.3, 0.4) is 0 Å². The van der Waals surface area contributed by atoms with E-state index < -0.39 is 0 Å². The van der Waals surface area contributed by atoms with Gasteiger partial charge >= 0.3 is 0 Å².